The van der Waals surface area contributed by atoms with Gasteiger partial charge in [0.2, 0.25) is 5.91 Å². The van der Waals surface area contributed by atoms with Crippen LogP contribution in [0.5, 0.6) is 0 Å². The summed E-state index contributed by atoms with van der Waals surface area (Å²) in [5, 5.41) is 5.92. The molecule has 2 N–H and O–H groups in total. The fourth-order valence-corrected chi connectivity index (χ4v) is 3.56. The molecule has 2 aromatic rings. The topological polar surface area (TPSA) is 61.4 Å². The molecule has 2 aliphatic rings. The summed E-state index contributed by atoms with van der Waals surface area (Å²) in [6.45, 7) is 3.45. The maximum absolute atomic E-state index is 12.1. The number of fused-ring (bicyclic) bond motifs is 1. The number of nitrogens with zero attached hydrogens (tertiary/aromatic N) is 1. The van der Waals surface area contributed by atoms with Crippen molar-refractivity contribution < 1.29 is 9.59 Å². The molecule has 5 nitrogen and oxygen atoms in total. The number of carbonyl (C=O) groups is 2. The van der Waals surface area contributed by atoms with Crippen LogP contribution >= 0.6 is 0 Å². The summed E-state index contributed by atoms with van der Waals surface area (Å²) in [7, 11) is 0. The van der Waals surface area contributed by atoms with E-state index in [1.165, 1.54) is 11.1 Å². The minimum atomic E-state index is -0.0991. The monoisotopic (exact) mass is 389 g/mol. The second kappa shape index (κ2) is 9.05. The van der Waals surface area contributed by atoms with Gasteiger partial charge < -0.3 is 10.6 Å². The molecule has 0 aromatic heterocycles. The van der Waals surface area contributed by atoms with E-state index >= 15 is 0 Å². The molecule has 0 radical (unpaired) electrons. The van der Waals surface area contributed by atoms with Crippen LogP contribution in [-0.4, -0.2) is 42.4 Å². The highest BCUT2D eigenvalue weighted by molar-refractivity contribution is 5.95. The van der Waals surface area contributed by atoms with Gasteiger partial charge in [-0.3, -0.25) is 14.5 Å². The molecular weight excluding hydrogens is 362 g/mol. The summed E-state index contributed by atoms with van der Waals surface area (Å²) in [4.78, 5) is 26.4. The summed E-state index contributed by atoms with van der Waals surface area (Å²) in [6, 6.07) is 16.2. The second-order valence-electron chi connectivity index (χ2n) is 7.79. The van der Waals surface area contributed by atoms with Crippen molar-refractivity contribution >= 4 is 17.9 Å². The summed E-state index contributed by atoms with van der Waals surface area (Å²) >= 11 is 0. The molecule has 2 amide bonds. The molecule has 1 aliphatic heterocycles. The van der Waals surface area contributed by atoms with Crippen molar-refractivity contribution in [1.82, 2.24) is 15.5 Å². The van der Waals surface area contributed by atoms with Crippen molar-refractivity contribution in [2.24, 2.45) is 0 Å². The van der Waals surface area contributed by atoms with Gasteiger partial charge in [0.1, 0.15) is 0 Å². The molecule has 0 atom stereocenters. The number of rotatable bonds is 7. The van der Waals surface area contributed by atoms with Gasteiger partial charge in [0.05, 0.1) is 0 Å². The average molecular weight is 389 g/mol. The quantitative estimate of drug-likeness (QED) is 0.716. The van der Waals surface area contributed by atoms with Crippen LogP contribution < -0.4 is 10.6 Å². The number of hydrogen-bond donors (Lipinski definition) is 2. The first-order valence-corrected chi connectivity index (χ1v) is 10.3. The lowest BCUT2D eigenvalue weighted by Crippen LogP contribution is -2.37. The third-order valence-electron chi connectivity index (χ3n) is 5.45. The number of nitrogens with one attached hydrogen (secondary N) is 2. The first-order valence-electron chi connectivity index (χ1n) is 10.3. The molecule has 0 spiro atoms. The molecule has 5 heteroatoms. The lowest BCUT2D eigenvalue weighted by atomic mass is 10.00. The Kier molecular flexibility index (Phi) is 6.06. The SMILES string of the molecule is O=C(C=Cc1ccc(C(=O)NC2CC2)cc1)NCCN1CCc2ccccc2C1. The van der Waals surface area contributed by atoms with Crippen LogP contribution in [0.25, 0.3) is 6.08 Å². The molecule has 1 fully saturated rings. The van der Waals surface area contributed by atoms with Gasteiger partial charge in [-0.25, -0.2) is 0 Å². The summed E-state index contributed by atoms with van der Waals surface area (Å²) in [5.41, 5.74) is 4.38. The first-order chi connectivity index (χ1) is 14.2. The van der Waals surface area contributed by atoms with Crippen LogP contribution in [0.1, 0.15) is 39.9 Å². The molecule has 1 aliphatic carbocycles. The predicted molar refractivity (Wildman–Crippen MR) is 114 cm³/mol. The van der Waals surface area contributed by atoms with Crippen molar-refractivity contribution in [1.29, 1.82) is 0 Å². The molecule has 2 aromatic carbocycles. The largest absolute Gasteiger partial charge is 0.351 e. The third kappa shape index (κ3) is 5.55. The highest BCUT2D eigenvalue weighted by Gasteiger charge is 2.23. The molecule has 1 saturated carbocycles. The Morgan fingerprint density at radius 2 is 1.79 bits per heavy atom. The van der Waals surface area contributed by atoms with E-state index in [1.54, 1.807) is 24.3 Å². The minimum absolute atomic E-state index is 0.0268. The average Bonchev–Trinajstić information content (AvgIpc) is 3.56. The Morgan fingerprint density at radius 3 is 2.55 bits per heavy atom. The number of hydrogen-bond acceptors (Lipinski definition) is 3. The smallest absolute Gasteiger partial charge is 0.251 e. The molecule has 150 valence electrons. The van der Waals surface area contributed by atoms with Crippen LogP contribution in [-0.2, 0) is 17.8 Å². The lowest BCUT2D eigenvalue weighted by molar-refractivity contribution is -0.116. The maximum atomic E-state index is 12.1. The van der Waals surface area contributed by atoms with Gasteiger partial charge in [0.25, 0.3) is 5.91 Å². The fraction of sp³-hybridized carbons (Fsp3) is 0.333. The zero-order valence-corrected chi connectivity index (χ0v) is 16.6. The van der Waals surface area contributed by atoms with E-state index in [-0.39, 0.29) is 11.8 Å². The Morgan fingerprint density at radius 1 is 1.03 bits per heavy atom. The zero-order chi connectivity index (χ0) is 20.1. The minimum Gasteiger partial charge on any atom is -0.351 e. The molecule has 1 heterocycles. The van der Waals surface area contributed by atoms with Crippen LogP contribution in [0.15, 0.2) is 54.6 Å². The van der Waals surface area contributed by atoms with Crippen LogP contribution in [0, 0.1) is 0 Å². The van der Waals surface area contributed by atoms with Crippen molar-refractivity contribution in [3.63, 3.8) is 0 Å². The first kappa shape index (κ1) is 19.4. The Hall–Kier alpha value is -2.92. The summed E-state index contributed by atoms with van der Waals surface area (Å²) < 4.78 is 0. The number of amides is 2. The number of carbonyl (C=O) groups excluding carboxylic acids is 2. The van der Waals surface area contributed by atoms with E-state index < -0.39 is 0 Å². The highest BCUT2D eigenvalue weighted by atomic mass is 16.2. The predicted octanol–water partition coefficient (Wildman–Crippen LogP) is 2.77. The van der Waals surface area contributed by atoms with E-state index in [2.05, 4.69) is 39.8 Å². The fourth-order valence-electron chi connectivity index (χ4n) is 3.56. The number of benzene rings is 2. The second-order valence-corrected chi connectivity index (χ2v) is 7.79. The third-order valence-corrected chi connectivity index (χ3v) is 5.45. The van der Waals surface area contributed by atoms with Gasteiger partial charge in [-0.15, -0.1) is 0 Å². The molecule has 0 unspecified atom stereocenters. The summed E-state index contributed by atoms with van der Waals surface area (Å²) in [6.07, 6.45) is 6.54. The van der Waals surface area contributed by atoms with Crippen LogP contribution in [0.4, 0.5) is 0 Å². The van der Waals surface area contributed by atoms with Crippen molar-refractivity contribution in [3.05, 3.63) is 76.9 Å². The van der Waals surface area contributed by atoms with Gasteiger partial charge in [-0.1, -0.05) is 36.4 Å². The molecule has 4 rings (SSSR count). The molecule has 0 saturated heterocycles. The van der Waals surface area contributed by atoms with E-state index in [0.717, 1.165) is 44.5 Å². The normalized spacial score (nSPS) is 16.4. The van der Waals surface area contributed by atoms with Crippen molar-refractivity contribution in [2.45, 2.75) is 31.8 Å². The van der Waals surface area contributed by atoms with Crippen LogP contribution in [0.3, 0.4) is 0 Å². The van der Waals surface area contributed by atoms with E-state index in [4.69, 9.17) is 0 Å². The van der Waals surface area contributed by atoms with Crippen molar-refractivity contribution in [2.75, 3.05) is 19.6 Å². The van der Waals surface area contributed by atoms with E-state index in [9.17, 15) is 9.59 Å². The van der Waals surface area contributed by atoms with Gasteiger partial charge in [0.15, 0.2) is 0 Å². The summed E-state index contributed by atoms with van der Waals surface area (Å²) in [5.74, 6) is -0.126. The van der Waals surface area contributed by atoms with Gasteiger partial charge >= 0.3 is 0 Å². The van der Waals surface area contributed by atoms with Gasteiger partial charge in [0, 0.05) is 43.9 Å². The Balaban J connectivity index is 1.19. The standard InChI is InChI=1S/C24H27N3O2/c28-23(25-14-16-27-15-13-19-3-1-2-4-21(19)17-27)12-7-18-5-8-20(9-6-18)24(29)26-22-10-11-22/h1-9,12,22H,10-11,13-17H2,(H,25,28)(H,26,29). The molecular formula is C24H27N3O2. The lowest BCUT2D eigenvalue weighted by Gasteiger charge is -2.28. The Bertz CT molecular complexity index is 901. The van der Waals surface area contributed by atoms with E-state index in [0.29, 0.717) is 18.2 Å². The van der Waals surface area contributed by atoms with Crippen LogP contribution in [0.2, 0.25) is 0 Å². The van der Waals surface area contributed by atoms with Gasteiger partial charge in [-0.05, 0) is 54.2 Å². The zero-order valence-electron chi connectivity index (χ0n) is 16.6. The van der Waals surface area contributed by atoms with Crippen molar-refractivity contribution in [3.8, 4) is 0 Å². The van der Waals surface area contributed by atoms with Gasteiger partial charge in [-0.2, -0.15) is 0 Å². The molecule has 29 heavy (non-hydrogen) atoms. The molecule has 0 bridgehead atoms. The van der Waals surface area contributed by atoms with E-state index in [1.807, 2.05) is 12.1 Å². The maximum Gasteiger partial charge on any atom is 0.251 e. The Labute approximate surface area is 171 Å². The highest BCUT2D eigenvalue weighted by Crippen LogP contribution is 2.19.